The summed E-state index contributed by atoms with van der Waals surface area (Å²) in [5, 5.41) is 0. The smallest absolute Gasteiger partial charge is 0.306 e. The van der Waals surface area contributed by atoms with Gasteiger partial charge in [0.1, 0.15) is 13.2 Å². The van der Waals surface area contributed by atoms with E-state index in [1.54, 1.807) is 0 Å². The summed E-state index contributed by atoms with van der Waals surface area (Å²) in [5.41, 5.74) is 0. The Balaban J connectivity index is 4.27. The minimum atomic E-state index is -0.774. The van der Waals surface area contributed by atoms with E-state index in [4.69, 9.17) is 14.2 Å². The maximum Gasteiger partial charge on any atom is 0.306 e. The molecule has 0 saturated heterocycles. The van der Waals surface area contributed by atoms with Gasteiger partial charge >= 0.3 is 17.9 Å². The summed E-state index contributed by atoms with van der Waals surface area (Å²) in [4.78, 5) is 38.2. The van der Waals surface area contributed by atoms with Crippen LogP contribution in [-0.2, 0) is 28.6 Å². The van der Waals surface area contributed by atoms with Crippen molar-refractivity contribution < 1.29 is 28.6 Å². The first-order chi connectivity index (χ1) is 34.0. The van der Waals surface area contributed by atoms with Gasteiger partial charge in [-0.25, -0.2) is 0 Å². The second-order valence-corrected chi connectivity index (χ2v) is 20.6. The van der Waals surface area contributed by atoms with Gasteiger partial charge in [-0.3, -0.25) is 14.4 Å². The Labute approximate surface area is 429 Å². The minimum absolute atomic E-state index is 0.0734. The average molecular weight is 970 g/mol. The zero-order chi connectivity index (χ0) is 50.0. The third kappa shape index (κ3) is 56.4. The van der Waals surface area contributed by atoms with Crippen molar-refractivity contribution >= 4 is 17.9 Å². The molecule has 0 aromatic heterocycles. The Morgan fingerprint density at radius 3 is 0.855 bits per heavy atom. The maximum absolute atomic E-state index is 12.9. The zero-order valence-corrected chi connectivity index (χ0v) is 46.3. The highest BCUT2D eigenvalue weighted by atomic mass is 16.6. The van der Waals surface area contributed by atoms with Crippen LogP contribution in [-0.4, -0.2) is 37.2 Å². The molecule has 404 valence electrons. The standard InChI is InChI=1S/C63H116O6/c1-4-7-10-13-16-19-22-24-26-28-30-31-33-34-36-38-41-44-47-50-53-56-62(65)68-59-60(58-67-61(64)55-52-49-46-43-40-21-18-15-12-9-6-3)69-63(66)57-54-51-48-45-42-39-37-35-32-29-27-25-23-20-17-14-11-8-5-2/h15,18,22,24,28,30,60H,4-14,16-17,19-21,23,25-27,29,31-59H2,1-3H3/b18-15-,24-22-,30-28-. The quantitative estimate of drug-likeness (QED) is 0.0261. The first-order valence-electron chi connectivity index (χ1n) is 30.5. The Kier molecular flexibility index (Phi) is 56.2. The number of carbonyl (C=O) groups is 3. The molecule has 6 heteroatoms. The molecule has 0 rings (SSSR count). The topological polar surface area (TPSA) is 78.9 Å². The van der Waals surface area contributed by atoms with Gasteiger partial charge in [0.15, 0.2) is 6.10 Å². The molecule has 0 aromatic carbocycles. The summed E-state index contributed by atoms with van der Waals surface area (Å²) in [6, 6.07) is 0. The second kappa shape index (κ2) is 58.2. The van der Waals surface area contributed by atoms with E-state index < -0.39 is 6.10 Å². The van der Waals surface area contributed by atoms with Crippen LogP contribution in [0.2, 0.25) is 0 Å². The number of allylic oxidation sites excluding steroid dienone is 6. The number of hydrogen-bond acceptors (Lipinski definition) is 6. The molecular formula is C63H116O6. The molecule has 6 nitrogen and oxygen atoms in total. The molecule has 0 aliphatic heterocycles. The highest BCUT2D eigenvalue weighted by Crippen LogP contribution is 2.17. The van der Waals surface area contributed by atoms with Gasteiger partial charge in [0.25, 0.3) is 0 Å². The Morgan fingerprint density at radius 1 is 0.290 bits per heavy atom. The van der Waals surface area contributed by atoms with Crippen molar-refractivity contribution in [2.45, 2.75) is 335 Å². The molecule has 1 unspecified atom stereocenters. The lowest BCUT2D eigenvalue weighted by Crippen LogP contribution is -2.30. The van der Waals surface area contributed by atoms with Gasteiger partial charge in [0.05, 0.1) is 0 Å². The van der Waals surface area contributed by atoms with Gasteiger partial charge in [-0.15, -0.1) is 0 Å². The second-order valence-electron chi connectivity index (χ2n) is 20.6. The third-order valence-corrected chi connectivity index (χ3v) is 13.6. The Morgan fingerprint density at radius 2 is 0.536 bits per heavy atom. The molecule has 0 radical (unpaired) electrons. The van der Waals surface area contributed by atoms with Crippen LogP contribution >= 0.6 is 0 Å². The van der Waals surface area contributed by atoms with Crippen LogP contribution in [0.1, 0.15) is 329 Å². The molecule has 0 N–H and O–H groups in total. The molecule has 0 aliphatic rings. The van der Waals surface area contributed by atoms with Gasteiger partial charge < -0.3 is 14.2 Å². The van der Waals surface area contributed by atoms with Gasteiger partial charge in [-0.2, -0.15) is 0 Å². The van der Waals surface area contributed by atoms with E-state index in [0.29, 0.717) is 19.3 Å². The number of ether oxygens (including phenoxy) is 3. The normalized spacial score (nSPS) is 12.2. The van der Waals surface area contributed by atoms with Crippen LogP contribution in [0.25, 0.3) is 0 Å². The summed E-state index contributed by atoms with van der Waals surface area (Å²) in [7, 11) is 0. The lowest BCUT2D eigenvalue weighted by molar-refractivity contribution is -0.167. The first kappa shape index (κ1) is 66.6. The van der Waals surface area contributed by atoms with E-state index in [0.717, 1.165) is 70.6 Å². The lowest BCUT2D eigenvalue weighted by atomic mass is 10.0. The van der Waals surface area contributed by atoms with Gasteiger partial charge in [0.2, 0.25) is 0 Å². The average Bonchev–Trinajstić information content (AvgIpc) is 3.35. The number of hydrogen-bond donors (Lipinski definition) is 0. The van der Waals surface area contributed by atoms with Gasteiger partial charge in [-0.1, -0.05) is 276 Å². The van der Waals surface area contributed by atoms with Crippen molar-refractivity contribution in [3.05, 3.63) is 36.5 Å². The summed E-state index contributed by atoms with van der Waals surface area (Å²) in [6.45, 7) is 6.63. The van der Waals surface area contributed by atoms with Crippen LogP contribution in [0.5, 0.6) is 0 Å². The van der Waals surface area contributed by atoms with Crippen molar-refractivity contribution in [2.24, 2.45) is 0 Å². The number of unbranched alkanes of at least 4 members (excludes halogenated alkanes) is 39. The minimum Gasteiger partial charge on any atom is -0.462 e. The summed E-state index contributed by atoms with van der Waals surface area (Å²) in [6.07, 6.45) is 70.0. The number of rotatable bonds is 56. The maximum atomic E-state index is 12.9. The van der Waals surface area contributed by atoms with E-state index in [1.807, 2.05) is 0 Å². The molecule has 0 amide bonds. The van der Waals surface area contributed by atoms with E-state index in [2.05, 4.69) is 57.2 Å². The van der Waals surface area contributed by atoms with E-state index >= 15 is 0 Å². The fourth-order valence-corrected chi connectivity index (χ4v) is 8.99. The fourth-order valence-electron chi connectivity index (χ4n) is 8.99. The Bertz CT molecular complexity index is 1160. The van der Waals surface area contributed by atoms with Crippen molar-refractivity contribution in [3.8, 4) is 0 Å². The monoisotopic (exact) mass is 969 g/mol. The van der Waals surface area contributed by atoms with Gasteiger partial charge in [-0.05, 0) is 70.6 Å². The molecule has 0 heterocycles. The molecule has 0 spiro atoms. The predicted octanol–water partition coefficient (Wildman–Crippen LogP) is 20.4. The van der Waals surface area contributed by atoms with E-state index in [1.165, 1.54) is 218 Å². The molecule has 0 fully saturated rings. The molecule has 1 atom stereocenters. The van der Waals surface area contributed by atoms with Crippen LogP contribution in [0.3, 0.4) is 0 Å². The highest BCUT2D eigenvalue weighted by Gasteiger charge is 2.19. The fraction of sp³-hybridized carbons (Fsp3) is 0.857. The Hall–Kier alpha value is -2.37. The summed E-state index contributed by atoms with van der Waals surface area (Å²) < 4.78 is 16.9. The molecule has 0 aliphatic carbocycles. The van der Waals surface area contributed by atoms with E-state index in [9.17, 15) is 14.4 Å². The highest BCUT2D eigenvalue weighted by molar-refractivity contribution is 5.71. The predicted molar refractivity (Wildman–Crippen MR) is 298 cm³/mol. The lowest BCUT2D eigenvalue weighted by Gasteiger charge is -2.18. The van der Waals surface area contributed by atoms with Crippen molar-refractivity contribution in [3.63, 3.8) is 0 Å². The van der Waals surface area contributed by atoms with Crippen LogP contribution < -0.4 is 0 Å². The molecule has 0 aromatic rings. The number of esters is 3. The van der Waals surface area contributed by atoms with Crippen molar-refractivity contribution in [2.75, 3.05) is 13.2 Å². The first-order valence-corrected chi connectivity index (χ1v) is 30.5. The van der Waals surface area contributed by atoms with Gasteiger partial charge in [0, 0.05) is 19.3 Å². The van der Waals surface area contributed by atoms with E-state index in [-0.39, 0.29) is 31.1 Å². The summed E-state index contributed by atoms with van der Waals surface area (Å²) in [5.74, 6) is -0.867. The van der Waals surface area contributed by atoms with Crippen LogP contribution in [0.4, 0.5) is 0 Å². The van der Waals surface area contributed by atoms with Crippen LogP contribution in [0, 0.1) is 0 Å². The van der Waals surface area contributed by atoms with Crippen molar-refractivity contribution in [1.82, 2.24) is 0 Å². The largest absolute Gasteiger partial charge is 0.462 e. The zero-order valence-electron chi connectivity index (χ0n) is 46.3. The SMILES string of the molecule is CCCC/C=C\CCCCCCCC(=O)OCC(COC(=O)CCCCCCCCCCC/C=C\C/C=C\CCCCCCC)OC(=O)CCCCCCCCCCCCCCCCCCCCC. The van der Waals surface area contributed by atoms with Crippen LogP contribution in [0.15, 0.2) is 36.5 Å². The molecular weight excluding hydrogens is 853 g/mol. The number of carbonyl (C=O) groups excluding carboxylic acids is 3. The summed E-state index contributed by atoms with van der Waals surface area (Å²) >= 11 is 0. The molecule has 69 heavy (non-hydrogen) atoms. The molecule has 0 saturated carbocycles. The molecule has 0 bridgehead atoms. The third-order valence-electron chi connectivity index (χ3n) is 13.6. The van der Waals surface area contributed by atoms with Crippen molar-refractivity contribution in [1.29, 1.82) is 0 Å².